The van der Waals surface area contributed by atoms with Gasteiger partial charge in [-0.1, -0.05) is 17.3 Å². The van der Waals surface area contributed by atoms with Crippen molar-refractivity contribution < 1.29 is 22.5 Å². The summed E-state index contributed by atoms with van der Waals surface area (Å²) >= 11 is 0. The van der Waals surface area contributed by atoms with E-state index in [2.05, 4.69) is 30.7 Å². The number of alkyl halides is 3. The lowest BCUT2D eigenvalue weighted by Gasteiger charge is -2.23. The summed E-state index contributed by atoms with van der Waals surface area (Å²) in [6.07, 6.45) is -0.501. The molecule has 31 heavy (non-hydrogen) atoms. The maximum atomic E-state index is 13.0. The zero-order chi connectivity index (χ0) is 22.0. The fourth-order valence-electron chi connectivity index (χ4n) is 3.56. The first kappa shape index (κ1) is 20.8. The fraction of sp³-hybridized carbons (Fsp3) is 0.350. The molecule has 1 aliphatic carbocycles. The number of benzene rings is 1. The standard InChI is InChI=1S/C20H19F3N6O2/c1-11-26-19(31-29-11)13-6-3-2-5-12(13)18(30)28-15-8-4-7-14(15)27-17-10-24-16(9-25-17)20(21,22)23/h2-3,5-6,9-10,14-15H,4,7-8H2,1H3,(H,25,27)(H,28,30)/t14-,15+/m0/s1. The quantitative estimate of drug-likeness (QED) is 0.634. The van der Waals surface area contributed by atoms with Crippen molar-refractivity contribution in [2.24, 2.45) is 0 Å². The minimum atomic E-state index is -4.54. The lowest BCUT2D eigenvalue weighted by Crippen LogP contribution is -2.43. The summed E-state index contributed by atoms with van der Waals surface area (Å²) < 4.78 is 43.2. The number of hydrogen-bond donors (Lipinski definition) is 2. The topological polar surface area (TPSA) is 106 Å². The van der Waals surface area contributed by atoms with Crippen molar-refractivity contribution in [2.75, 3.05) is 5.32 Å². The Kier molecular flexibility index (Phi) is 5.57. The highest BCUT2D eigenvalue weighted by atomic mass is 19.4. The molecule has 1 saturated carbocycles. The monoisotopic (exact) mass is 432 g/mol. The smallest absolute Gasteiger partial charge is 0.364 e. The molecule has 0 aliphatic heterocycles. The Balaban J connectivity index is 1.46. The molecule has 1 aliphatic rings. The first-order valence-electron chi connectivity index (χ1n) is 9.67. The predicted molar refractivity (Wildman–Crippen MR) is 104 cm³/mol. The number of carbonyl (C=O) groups is 1. The van der Waals surface area contributed by atoms with Gasteiger partial charge in [-0.3, -0.25) is 4.79 Å². The lowest BCUT2D eigenvalue weighted by atomic mass is 10.1. The van der Waals surface area contributed by atoms with Gasteiger partial charge in [-0.05, 0) is 38.3 Å². The number of amides is 1. The highest BCUT2D eigenvalue weighted by Crippen LogP contribution is 2.28. The number of carbonyl (C=O) groups excluding carboxylic acids is 1. The average molecular weight is 432 g/mol. The van der Waals surface area contributed by atoms with Gasteiger partial charge in [-0.25, -0.2) is 9.97 Å². The van der Waals surface area contributed by atoms with Crippen molar-refractivity contribution in [3.8, 4) is 11.5 Å². The van der Waals surface area contributed by atoms with E-state index in [-0.39, 0.29) is 29.7 Å². The first-order chi connectivity index (χ1) is 14.8. The number of halogens is 3. The van der Waals surface area contributed by atoms with E-state index in [0.29, 0.717) is 23.1 Å². The minimum absolute atomic E-state index is 0.187. The molecule has 3 aromatic rings. The molecule has 162 valence electrons. The second kappa shape index (κ2) is 8.32. The molecular weight excluding hydrogens is 413 g/mol. The zero-order valence-electron chi connectivity index (χ0n) is 16.5. The number of aryl methyl sites for hydroxylation is 1. The van der Waals surface area contributed by atoms with Crippen molar-refractivity contribution in [1.29, 1.82) is 0 Å². The van der Waals surface area contributed by atoms with E-state index in [9.17, 15) is 18.0 Å². The lowest BCUT2D eigenvalue weighted by molar-refractivity contribution is -0.141. The third-order valence-electron chi connectivity index (χ3n) is 5.04. The van der Waals surface area contributed by atoms with Crippen LogP contribution >= 0.6 is 0 Å². The van der Waals surface area contributed by atoms with Gasteiger partial charge < -0.3 is 15.2 Å². The molecule has 2 N–H and O–H groups in total. The molecule has 1 fully saturated rings. The van der Waals surface area contributed by atoms with Gasteiger partial charge in [0, 0.05) is 12.1 Å². The van der Waals surface area contributed by atoms with Crippen LogP contribution in [0.2, 0.25) is 0 Å². The molecule has 2 atom stereocenters. The van der Waals surface area contributed by atoms with Crippen molar-refractivity contribution >= 4 is 11.7 Å². The molecule has 4 rings (SSSR count). The summed E-state index contributed by atoms with van der Waals surface area (Å²) in [4.78, 5) is 24.4. The van der Waals surface area contributed by atoms with Crippen LogP contribution in [0.4, 0.5) is 19.0 Å². The van der Waals surface area contributed by atoms with Crippen molar-refractivity contribution in [3.63, 3.8) is 0 Å². The Bertz CT molecular complexity index is 1070. The molecule has 11 heteroatoms. The van der Waals surface area contributed by atoms with Crippen LogP contribution < -0.4 is 10.6 Å². The molecule has 0 spiro atoms. The molecule has 0 saturated heterocycles. The van der Waals surface area contributed by atoms with Gasteiger partial charge in [0.1, 0.15) is 5.82 Å². The number of aromatic nitrogens is 4. The van der Waals surface area contributed by atoms with Gasteiger partial charge in [0.2, 0.25) is 0 Å². The molecule has 8 nitrogen and oxygen atoms in total. The molecule has 0 bridgehead atoms. The third-order valence-corrected chi connectivity index (χ3v) is 5.04. The maximum absolute atomic E-state index is 13.0. The van der Waals surface area contributed by atoms with Gasteiger partial charge >= 0.3 is 6.18 Å². The molecule has 1 aromatic carbocycles. The second-order valence-electron chi connectivity index (χ2n) is 7.24. The van der Waals surface area contributed by atoms with Crippen LogP contribution in [0.25, 0.3) is 11.5 Å². The van der Waals surface area contributed by atoms with E-state index >= 15 is 0 Å². The Morgan fingerprint density at radius 2 is 1.90 bits per heavy atom. The van der Waals surface area contributed by atoms with E-state index in [0.717, 1.165) is 25.5 Å². The Labute approximate surface area is 175 Å². The summed E-state index contributed by atoms with van der Waals surface area (Å²) in [7, 11) is 0. The molecule has 1 amide bonds. The average Bonchev–Trinajstić information content (AvgIpc) is 3.36. The van der Waals surface area contributed by atoms with Gasteiger partial charge in [-0.15, -0.1) is 0 Å². The van der Waals surface area contributed by atoms with Gasteiger partial charge in [0.25, 0.3) is 11.8 Å². The molecule has 2 aromatic heterocycles. The molecule has 0 unspecified atom stereocenters. The summed E-state index contributed by atoms with van der Waals surface area (Å²) in [5.74, 6) is 0.636. The SMILES string of the molecule is Cc1noc(-c2ccccc2C(=O)N[C@@H]2CCC[C@@H]2Nc2cnc(C(F)(F)F)cn2)n1. The van der Waals surface area contributed by atoms with Crippen LogP contribution in [0, 0.1) is 6.92 Å². The van der Waals surface area contributed by atoms with E-state index < -0.39 is 11.9 Å². The van der Waals surface area contributed by atoms with Gasteiger partial charge in [-0.2, -0.15) is 18.2 Å². The van der Waals surface area contributed by atoms with E-state index in [1.54, 1.807) is 31.2 Å². The van der Waals surface area contributed by atoms with Gasteiger partial charge in [0.15, 0.2) is 11.5 Å². The van der Waals surface area contributed by atoms with Crippen LogP contribution in [0.5, 0.6) is 0 Å². The fourth-order valence-corrected chi connectivity index (χ4v) is 3.56. The number of nitrogens with zero attached hydrogens (tertiary/aromatic N) is 4. The van der Waals surface area contributed by atoms with Crippen LogP contribution in [-0.2, 0) is 6.18 Å². The minimum Gasteiger partial charge on any atom is -0.364 e. The Morgan fingerprint density at radius 1 is 1.13 bits per heavy atom. The molecular formula is C20H19F3N6O2. The predicted octanol–water partition coefficient (Wildman–Crippen LogP) is 3.62. The van der Waals surface area contributed by atoms with Crippen molar-refractivity contribution in [1.82, 2.24) is 25.4 Å². The normalized spacial score (nSPS) is 18.7. The van der Waals surface area contributed by atoms with Crippen LogP contribution in [-0.4, -0.2) is 38.1 Å². The number of nitrogens with one attached hydrogen (secondary N) is 2. The van der Waals surface area contributed by atoms with Crippen molar-refractivity contribution in [2.45, 2.75) is 44.4 Å². The maximum Gasteiger partial charge on any atom is 0.434 e. The van der Waals surface area contributed by atoms with Crippen LogP contribution in [0.1, 0.15) is 41.1 Å². The second-order valence-corrected chi connectivity index (χ2v) is 7.24. The number of anilines is 1. The van der Waals surface area contributed by atoms with E-state index in [4.69, 9.17) is 4.52 Å². The first-order valence-corrected chi connectivity index (χ1v) is 9.67. The summed E-state index contributed by atoms with van der Waals surface area (Å²) in [5.41, 5.74) is -0.134. The van der Waals surface area contributed by atoms with Gasteiger partial charge in [0.05, 0.1) is 23.5 Å². The van der Waals surface area contributed by atoms with E-state index in [1.165, 1.54) is 0 Å². The highest BCUT2D eigenvalue weighted by Gasteiger charge is 2.33. The summed E-state index contributed by atoms with van der Waals surface area (Å²) in [6, 6.07) is 6.49. The third kappa shape index (κ3) is 4.65. The largest absolute Gasteiger partial charge is 0.434 e. The Morgan fingerprint density at radius 3 is 2.58 bits per heavy atom. The summed E-state index contributed by atoms with van der Waals surface area (Å²) in [6.45, 7) is 1.69. The highest BCUT2D eigenvalue weighted by molar-refractivity contribution is 6.00. The molecule has 2 heterocycles. The van der Waals surface area contributed by atoms with E-state index in [1.807, 2.05) is 0 Å². The Hall–Kier alpha value is -3.50. The number of hydrogen-bond acceptors (Lipinski definition) is 7. The van der Waals surface area contributed by atoms with Crippen molar-refractivity contribution in [3.05, 3.63) is 53.7 Å². The van der Waals surface area contributed by atoms with Crippen LogP contribution in [0.15, 0.2) is 41.2 Å². The summed E-state index contributed by atoms with van der Waals surface area (Å²) in [5, 5.41) is 9.84. The van der Waals surface area contributed by atoms with Crippen LogP contribution in [0.3, 0.4) is 0 Å². The zero-order valence-corrected chi connectivity index (χ0v) is 16.5. The molecule has 0 radical (unpaired) electrons. The number of rotatable bonds is 5.